The highest BCUT2D eigenvalue weighted by atomic mass is 35.5. The highest BCUT2D eigenvalue weighted by Crippen LogP contribution is 2.29. The van der Waals surface area contributed by atoms with Crippen molar-refractivity contribution in [3.63, 3.8) is 0 Å². The minimum absolute atomic E-state index is 0.0163. The van der Waals surface area contributed by atoms with Crippen molar-refractivity contribution in [1.29, 1.82) is 0 Å². The van der Waals surface area contributed by atoms with E-state index in [4.69, 9.17) is 16.7 Å². The molecule has 2 aromatic rings. The van der Waals surface area contributed by atoms with Crippen LogP contribution >= 0.6 is 11.6 Å². The van der Waals surface area contributed by atoms with Gasteiger partial charge in [-0.1, -0.05) is 71.2 Å². The van der Waals surface area contributed by atoms with Crippen LogP contribution in [0.3, 0.4) is 0 Å². The predicted octanol–water partition coefficient (Wildman–Crippen LogP) is 5.98. The fourth-order valence-corrected chi connectivity index (χ4v) is 3.06. The zero-order valence-electron chi connectivity index (χ0n) is 16.5. The number of benzene rings is 1. The van der Waals surface area contributed by atoms with Crippen LogP contribution in [0.2, 0.25) is 5.02 Å². The zero-order chi connectivity index (χ0) is 19.3. The Kier molecular flexibility index (Phi) is 6.87. The average molecular weight is 376 g/mol. The van der Waals surface area contributed by atoms with Gasteiger partial charge in [0, 0.05) is 17.4 Å². The van der Waals surface area contributed by atoms with Crippen molar-refractivity contribution in [2.45, 2.75) is 65.7 Å². The van der Waals surface area contributed by atoms with E-state index in [1.54, 1.807) is 4.68 Å². The summed E-state index contributed by atoms with van der Waals surface area (Å²) < 4.78 is 1.74. The summed E-state index contributed by atoms with van der Waals surface area (Å²) in [5, 5.41) is 8.42. The smallest absolute Gasteiger partial charge is 0.228 e. The van der Waals surface area contributed by atoms with E-state index in [-0.39, 0.29) is 17.2 Å². The number of amides is 1. The van der Waals surface area contributed by atoms with E-state index in [1.165, 1.54) is 0 Å². The van der Waals surface area contributed by atoms with Crippen LogP contribution in [0.1, 0.15) is 66.0 Å². The summed E-state index contributed by atoms with van der Waals surface area (Å²) in [6.45, 7) is 10.5. The van der Waals surface area contributed by atoms with Crippen LogP contribution < -0.4 is 5.32 Å². The first kappa shape index (κ1) is 20.5. The number of carbonyl (C=O) groups excluding carboxylic acids is 1. The molecule has 1 heterocycles. The van der Waals surface area contributed by atoms with Crippen LogP contribution in [0.25, 0.3) is 5.69 Å². The molecule has 5 heteroatoms. The fourth-order valence-electron chi connectivity index (χ4n) is 2.84. The third-order valence-corrected chi connectivity index (χ3v) is 4.90. The van der Waals surface area contributed by atoms with Gasteiger partial charge in [0.1, 0.15) is 5.82 Å². The van der Waals surface area contributed by atoms with Crippen molar-refractivity contribution >= 4 is 23.3 Å². The zero-order valence-corrected chi connectivity index (χ0v) is 17.2. The molecular weight excluding hydrogens is 346 g/mol. The van der Waals surface area contributed by atoms with Crippen LogP contribution in [-0.2, 0) is 10.2 Å². The summed E-state index contributed by atoms with van der Waals surface area (Å²) in [4.78, 5) is 12.8. The summed E-state index contributed by atoms with van der Waals surface area (Å²) in [5.74, 6) is 0.736. The number of aromatic nitrogens is 2. The van der Waals surface area contributed by atoms with Gasteiger partial charge in [-0.3, -0.25) is 4.79 Å². The third-order valence-electron chi connectivity index (χ3n) is 4.58. The number of hydrogen-bond acceptors (Lipinski definition) is 2. The maximum Gasteiger partial charge on any atom is 0.228 e. The average Bonchev–Trinajstić information content (AvgIpc) is 3.00. The molecule has 1 aromatic heterocycles. The Morgan fingerprint density at radius 1 is 1.27 bits per heavy atom. The summed E-state index contributed by atoms with van der Waals surface area (Å²) in [6, 6.07) is 9.49. The van der Waals surface area contributed by atoms with Crippen LogP contribution in [0.5, 0.6) is 0 Å². The molecule has 142 valence electrons. The predicted molar refractivity (Wildman–Crippen MR) is 109 cm³/mol. The Balaban J connectivity index is 2.39. The number of nitrogens with one attached hydrogen (secondary N) is 1. The van der Waals surface area contributed by atoms with Gasteiger partial charge in [0.2, 0.25) is 5.91 Å². The first-order valence-electron chi connectivity index (χ1n) is 9.44. The van der Waals surface area contributed by atoms with Crippen molar-refractivity contribution in [2.24, 2.45) is 5.92 Å². The molecule has 0 saturated heterocycles. The molecule has 4 nitrogen and oxygen atoms in total. The van der Waals surface area contributed by atoms with Gasteiger partial charge in [-0.05, 0) is 25.0 Å². The fraction of sp³-hybridized carbons (Fsp3) is 0.524. The topological polar surface area (TPSA) is 46.9 Å². The van der Waals surface area contributed by atoms with Gasteiger partial charge in [0.05, 0.1) is 16.4 Å². The second-order valence-corrected chi connectivity index (χ2v) is 8.17. The molecule has 1 N–H and O–H groups in total. The Morgan fingerprint density at radius 3 is 2.54 bits per heavy atom. The van der Waals surface area contributed by atoms with Gasteiger partial charge in [-0.25, -0.2) is 4.68 Å². The molecule has 0 aliphatic rings. The van der Waals surface area contributed by atoms with Crippen molar-refractivity contribution in [3.05, 3.63) is 41.0 Å². The monoisotopic (exact) mass is 375 g/mol. The Hall–Kier alpha value is -1.81. The van der Waals surface area contributed by atoms with Gasteiger partial charge in [-0.15, -0.1) is 0 Å². The number of carbonyl (C=O) groups is 1. The molecule has 0 aliphatic carbocycles. The molecule has 1 atom stereocenters. The van der Waals surface area contributed by atoms with Crippen molar-refractivity contribution < 1.29 is 4.79 Å². The molecular formula is C21H30ClN3O. The van der Waals surface area contributed by atoms with E-state index >= 15 is 0 Å². The molecule has 0 spiro atoms. The molecule has 26 heavy (non-hydrogen) atoms. The summed E-state index contributed by atoms with van der Waals surface area (Å²) in [6.07, 6.45) is 3.89. The van der Waals surface area contributed by atoms with Gasteiger partial charge in [-0.2, -0.15) is 5.10 Å². The number of unbranched alkanes of at least 4 members (excludes halogenated alkanes) is 1. The van der Waals surface area contributed by atoms with Crippen molar-refractivity contribution in [1.82, 2.24) is 9.78 Å². The lowest BCUT2D eigenvalue weighted by Gasteiger charge is -2.15. The molecule has 0 bridgehead atoms. The molecule has 0 saturated carbocycles. The summed E-state index contributed by atoms with van der Waals surface area (Å²) >= 11 is 6.38. The van der Waals surface area contributed by atoms with Crippen molar-refractivity contribution in [3.8, 4) is 5.69 Å². The Morgan fingerprint density at radius 2 is 1.96 bits per heavy atom. The number of halogens is 1. The van der Waals surface area contributed by atoms with E-state index in [2.05, 4.69) is 39.9 Å². The maximum absolute atomic E-state index is 12.8. The van der Waals surface area contributed by atoms with Gasteiger partial charge < -0.3 is 5.32 Å². The maximum atomic E-state index is 12.8. The van der Waals surface area contributed by atoms with E-state index < -0.39 is 0 Å². The summed E-state index contributed by atoms with van der Waals surface area (Å²) in [7, 11) is 0. The molecule has 0 radical (unpaired) electrons. The SMILES string of the molecule is CCCC[C@H](CC)C(=O)Nc1cc(C(C)(C)C)nn1-c1ccccc1Cl. The molecule has 1 aromatic carbocycles. The largest absolute Gasteiger partial charge is 0.310 e. The van der Waals surface area contributed by atoms with Crippen LogP contribution in [0.4, 0.5) is 5.82 Å². The highest BCUT2D eigenvalue weighted by molar-refractivity contribution is 6.32. The number of para-hydroxylation sites is 1. The first-order valence-corrected chi connectivity index (χ1v) is 9.82. The Bertz CT molecular complexity index is 746. The number of anilines is 1. The van der Waals surface area contributed by atoms with Gasteiger partial charge in [0.15, 0.2) is 0 Å². The number of hydrogen-bond donors (Lipinski definition) is 1. The lowest BCUT2D eigenvalue weighted by atomic mass is 9.92. The minimum atomic E-state index is -0.127. The van der Waals surface area contributed by atoms with E-state index in [1.807, 2.05) is 30.3 Å². The number of rotatable bonds is 7. The standard InChI is InChI=1S/C21H30ClN3O/c1-6-8-11-15(7-2)20(26)23-19-14-18(21(3,4)5)24-25(19)17-13-10-9-12-16(17)22/h9-10,12-15H,6-8,11H2,1-5H3,(H,23,26)/t15-/m0/s1. The van der Waals surface area contributed by atoms with Crippen LogP contribution in [0.15, 0.2) is 30.3 Å². The van der Waals surface area contributed by atoms with Crippen LogP contribution in [-0.4, -0.2) is 15.7 Å². The van der Waals surface area contributed by atoms with E-state index in [0.29, 0.717) is 10.8 Å². The second kappa shape index (κ2) is 8.72. The molecule has 0 fully saturated rings. The van der Waals surface area contributed by atoms with Crippen LogP contribution in [0, 0.1) is 5.92 Å². The molecule has 0 unspecified atom stereocenters. The lowest BCUT2D eigenvalue weighted by molar-refractivity contribution is -0.120. The Labute approximate surface area is 161 Å². The molecule has 0 aliphatic heterocycles. The van der Waals surface area contributed by atoms with E-state index in [0.717, 1.165) is 37.1 Å². The quantitative estimate of drug-likeness (QED) is 0.647. The second-order valence-electron chi connectivity index (χ2n) is 7.76. The minimum Gasteiger partial charge on any atom is -0.310 e. The molecule has 2 rings (SSSR count). The lowest BCUT2D eigenvalue weighted by Crippen LogP contribution is -2.23. The highest BCUT2D eigenvalue weighted by Gasteiger charge is 2.24. The number of nitrogens with zero attached hydrogens (tertiary/aromatic N) is 2. The normalized spacial score (nSPS) is 12.8. The van der Waals surface area contributed by atoms with Gasteiger partial charge >= 0.3 is 0 Å². The van der Waals surface area contributed by atoms with E-state index in [9.17, 15) is 4.79 Å². The summed E-state index contributed by atoms with van der Waals surface area (Å²) in [5.41, 5.74) is 1.55. The van der Waals surface area contributed by atoms with Gasteiger partial charge in [0.25, 0.3) is 0 Å². The first-order chi connectivity index (χ1) is 12.3. The third kappa shape index (κ3) is 4.88. The van der Waals surface area contributed by atoms with Crippen molar-refractivity contribution in [2.75, 3.05) is 5.32 Å². The molecule has 1 amide bonds.